The van der Waals surface area contributed by atoms with Gasteiger partial charge in [-0.2, -0.15) is 0 Å². The van der Waals surface area contributed by atoms with Crippen LogP contribution in [-0.2, 0) is 10.3 Å². The Labute approximate surface area is 103 Å². The van der Waals surface area contributed by atoms with Crippen LogP contribution in [0, 0.1) is 0 Å². The third kappa shape index (κ3) is 2.28. The number of aliphatic carboxylic acids is 1. The van der Waals surface area contributed by atoms with Crippen molar-refractivity contribution in [2.45, 2.75) is 24.8 Å². The Balaban J connectivity index is 2.31. The highest BCUT2D eigenvalue weighted by Crippen LogP contribution is 2.34. The van der Waals surface area contributed by atoms with Crippen molar-refractivity contribution >= 4 is 21.9 Å². The Morgan fingerprint density at radius 3 is 2.62 bits per heavy atom. The Morgan fingerprint density at radius 1 is 1.44 bits per heavy atom. The van der Waals surface area contributed by atoms with Crippen molar-refractivity contribution in [2.75, 3.05) is 6.54 Å². The molecular formula is C12H14BrNO2. The zero-order chi connectivity index (χ0) is 11.6. The smallest absolute Gasteiger partial charge is 0.305 e. The lowest BCUT2D eigenvalue weighted by atomic mass is 9.85. The summed E-state index contributed by atoms with van der Waals surface area (Å²) in [6, 6.07) is 7.90. The molecule has 0 amide bonds. The van der Waals surface area contributed by atoms with Gasteiger partial charge in [-0.15, -0.1) is 0 Å². The second kappa shape index (κ2) is 4.55. The summed E-state index contributed by atoms with van der Waals surface area (Å²) >= 11 is 3.39. The van der Waals surface area contributed by atoms with Gasteiger partial charge in [-0.3, -0.25) is 4.79 Å². The average molecular weight is 284 g/mol. The van der Waals surface area contributed by atoms with Crippen molar-refractivity contribution in [3.05, 3.63) is 34.3 Å². The summed E-state index contributed by atoms with van der Waals surface area (Å²) < 4.78 is 1.01. The Hall–Kier alpha value is -0.870. The number of nitrogens with one attached hydrogen (secondary N) is 1. The highest BCUT2D eigenvalue weighted by Gasteiger charge is 2.37. The maximum atomic E-state index is 11.0. The molecule has 1 aliphatic heterocycles. The summed E-state index contributed by atoms with van der Waals surface area (Å²) in [6.07, 6.45) is 2.07. The van der Waals surface area contributed by atoms with Gasteiger partial charge >= 0.3 is 5.97 Å². The zero-order valence-corrected chi connectivity index (χ0v) is 10.5. The van der Waals surface area contributed by atoms with Crippen LogP contribution in [0.25, 0.3) is 0 Å². The fourth-order valence-electron chi connectivity index (χ4n) is 2.33. The molecule has 0 spiro atoms. The van der Waals surface area contributed by atoms with Crippen molar-refractivity contribution in [3.8, 4) is 0 Å². The second-order valence-corrected chi connectivity index (χ2v) is 5.11. The van der Waals surface area contributed by atoms with Crippen molar-refractivity contribution < 1.29 is 9.90 Å². The van der Waals surface area contributed by atoms with Gasteiger partial charge in [0, 0.05) is 4.47 Å². The fourth-order valence-corrected chi connectivity index (χ4v) is 2.60. The molecule has 1 aromatic rings. The van der Waals surface area contributed by atoms with Crippen LogP contribution in [0.5, 0.6) is 0 Å². The van der Waals surface area contributed by atoms with Gasteiger partial charge in [0.05, 0.1) is 12.0 Å². The van der Waals surface area contributed by atoms with Crippen molar-refractivity contribution in [1.29, 1.82) is 0 Å². The number of carboxylic acids is 1. The quantitative estimate of drug-likeness (QED) is 0.896. The van der Waals surface area contributed by atoms with E-state index in [1.165, 1.54) is 0 Å². The standard InChI is InChI=1S/C12H14BrNO2/c13-10-4-2-9(3-5-10)12(8-11(15)16)6-1-7-14-12/h2-5,14H,1,6-8H2,(H,15,16). The van der Waals surface area contributed by atoms with E-state index >= 15 is 0 Å². The van der Waals surface area contributed by atoms with Crippen molar-refractivity contribution in [2.24, 2.45) is 0 Å². The van der Waals surface area contributed by atoms with Gasteiger partial charge in [-0.05, 0) is 37.1 Å². The molecule has 0 aromatic heterocycles. The van der Waals surface area contributed by atoms with Crippen LogP contribution in [-0.4, -0.2) is 17.6 Å². The molecule has 1 aliphatic rings. The van der Waals surface area contributed by atoms with Gasteiger partial charge in [0.25, 0.3) is 0 Å². The Bertz CT molecular complexity index is 383. The van der Waals surface area contributed by atoms with Gasteiger partial charge in [0.1, 0.15) is 0 Å². The Morgan fingerprint density at radius 2 is 2.12 bits per heavy atom. The molecule has 0 aliphatic carbocycles. The molecule has 0 bridgehead atoms. The van der Waals surface area contributed by atoms with Gasteiger partial charge < -0.3 is 10.4 Å². The maximum absolute atomic E-state index is 11.0. The summed E-state index contributed by atoms with van der Waals surface area (Å²) in [5.74, 6) is -0.752. The largest absolute Gasteiger partial charge is 0.481 e. The third-order valence-corrected chi connectivity index (χ3v) is 3.62. The molecule has 2 rings (SSSR count). The summed E-state index contributed by atoms with van der Waals surface area (Å²) in [4.78, 5) is 11.0. The van der Waals surface area contributed by atoms with Crippen LogP contribution in [0.15, 0.2) is 28.7 Å². The number of benzene rings is 1. The van der Waals surface area contributed by atoms with Crippen LogP contribution < -0.4 is 5.32 Å². The van der Waals surface area contributed by atoms with Gasteiger partial charge in [-0.25, -0.2) is 0 Å². The van der Waals surface area contributed by atoms with E-state index in [-0.39, 0.29) is 12.0 Å². The first-order valence-corrected chi connectivity index (χ1v) is 6.15. The van der Waals surface area contributed by atoms with E-state index in [1.54, 1.807) is 0 Å². The van der Waals surface area contributed by atoms with E-state index < -0.39 is 5.97 Å². The fraction of sp³-hybridized carbons (Fsp3) is 0.417. The number of rotatable bonds is 3. The number of hydrogen-bond donors (Lipinski definition) is 2. The molecule has 1 fully saturated rings. The molecule has 3 nitrogen and oxygen atoms in total. The summed E-state index contributed by atoms with van der Waals surface area (Å²) in [5, 5.41) is 12.3. The van der Waals surface area contributed by atoms with Gasteiger partial charge in [0.15, 0.2) is 0 Å². The summed E-state index contributed by atoms with van der Waals surface area (Å²) in [6.45, 7) is 0.892. The third-order valence-electron chi connectivity index (χ3n) is 3.09. The molecule has 0 saturated carbocycles. The van der Waals surface area contributed by atoms with Crippen LogP contribution in [0.2, 0.25) is 0 Å². The topological polar surface area (TPSA) is 49.3 Å². The predicted molar refractivity (Wildman–Crippen MR) is 65.3 cm³/mol. The summed E-state index contributed by atoms with van der Waals surface area (Å²) in [7, 11) is 0. The van der Waals surface area contributed by atoms with E-state index in [0.29, 0.717) is 0 Å². The number of halogens is 1. The zero-order valence-electron chi connectivity index (χ0n) is 8.87. The lowest BCUT2D eigenvalue weighted by molar-refractivity contribution is -0.138. The Kier molecular flexibility index (Phi) is 3.30. The van der Waals surface area contributed by atoms with E-state index in [2.05, 4.69) is 21.2 Å². The van der Waals surface area contributed by atoms with Crippen LogP contribution in [0.3, 0.4) is 0 Å². The van der Waals surface area contributed by atoms with Crippen LogP contribution in [0.1, 0.15) is 24.8 Å². The number of carbonyl (C=O) groups is 1. The first-order valence-electron chi connectivity index (χ1n) is 5.35. The molecule has 86 valence electrons. The highest BCUT2D eigenvalue weighted by atomic mass is 79.9. The van der Waals surface area contributed by atoms with E-state index in [9.17, 15) is 4.79 Å². The monoisotopic (exact) mass is 283 g/mol. The molecule has 1 saturated heterocycles. The lowest BCUT2D eigenvalue weighted by Crippen LogP contribution is -2.38. The molecule has 0 radical (unpaired) electrons. The van der Waals surface area contributed by atoms with E-state index in [4.69, 9.17) is 5.11 Å². The minimum atomic E-state index is -0.752. The van der Waals surface area contributed by atoms with Crippen molar-refractivity contribution in [3.63, 3.8) is 0 Å². The van der Waals surface area contributed by atoms with E-state index in [0.717, 1.165) is 29.4 Å². The first kappa shape index (κ1) is 11.6. The number of hydrogen-bond acceptors (Lipinski definition) is 2. The lowest BCUT2D eigenvalue weighted by Gasteiger charge is -2.28. The predicted octanol–water partition coefficient (Wildman–Crippen LogP) is 2.50. The normalized spacial score (nSPS) is 24.6. The molecule has 1 unspecified atom stereocenters. The molecular weight excluding hydrogens is 270 g/mol. The first-order chi connectivity index (χ1) is 7.62. The maximum Gasteiger partial charge on any atom is 0.305 e. The van der Waals surface area contributed by atoms with Crippen LogP contribution >= 0.6 is 15.9 Å². The number of carboxylic acid groups (broad SMARTS) is 1. The molecule has 4 heteroatoms. The highest BCUT2D eigenvalue weighted by molar-refractivity contribution is 9.10. The van der Waals surface area contributed by atoms with Crippen molar-refractivity contribution in [1.82, 2.24) is 5.32 Å². The van der Waals surface area contributed by atoms with Crippen LogP contribution in [0.4, 0.5) is 0 Å². The molecule has 16 heavy (non-hydrogen) atoms. The second-order valence-electron chi connectivity index (χ2n) is 4.19. The van der Waals surface area contributed by atoms with E-state index in [1.807, 2.05) is 24.3 Å². The average Bonchev–Trinajstić information content (AvgIpc) is 2.67. The van der Waals surface area contributed by atoms with Gasteiger partial charge in [-0.1, -0.05) is 28.1 Å². The molecule has 1 aromatic carbocycles. The minimum absolute atomic E-state index is 0.147. The SMILES string of the molecule is O=C(O)CC1(c2ccc(Br)cc2)CCCN1. The van der Waals surface area contributed by atoms with Gasteiger partial charge in [0.2, 0.25) is 0 Å². The molecule has 2 N–H and O–H groups in total. The minimum Gasteiger partial charge on any atom is -0.481 e. The molecule has 1 heterocycles. The summed E-state index contributed by atoms with van der Waals surface area (Å²) in [5.41, 5.74) is 0.697. The molecule has 1 atom stereocenters.